The molecule has 0 radical (unpaired) electrons. The largest absolute Gasteiger partial charge is 0.355 e. The molecule has 0 spiro atoms. The number of nitrogens with zero attached hydrogens (tertiary/aromatic N) is 1. The number of likely N-dealkylation sites (N-methyl/N-ethyl adjacent to an activating group) is 1. The van der Waals surface area contributed by atoms with E-state index in [1.807, 2.05) is 17.5 Å². The van der Waals surface area contributed by atoms with Gasteiger partial charge in [0.25, 0.3) is 0 Å². The number of benzene rings is 1. The first-order chi connectivity index (χ1) is 10.9. The van der Waals surface area contributed by atoms with Crippen LogP contribution in [0.2, 0.25) is 5.02 Å². The zero-order valence-corrected chi connectivity index (χ0v) is 14.9. The molecule has 0 aliphatic carbocycles. The number of hydrogen-bond acceptors (Lipinski definition) is 4. The summed E-state index contributed by atoms with van der Waals surface area (Å²) in [6.07, 6.45) is 0.733. The Morgan fingerprint density at radius 1 is 1.26 bits per heavy atom. The topological polar surface area (TPSA) is 66.5 Å². The Balaban J connectivity index is 1.88. The van der Waals surface area contributed by atoms with E-state index in [2.05, 4.69) is 5.32 Å². The molecule has 1 N–H and O–H groups in total. The van der Waals surface area contributed by atoms with Gasteiger partial charge in [-0.3, -0.25) is 4.79 Å². The molecule has 1 aromatic carbocycles. The third-order valence-corrected chi connectivity index (χ3v) is 6.17. The number of carbonyl (C=O) groups excluding carboxylic acids is 1. The molecule has 0 saturated carbocycles. The maximum absolute atomic E-state index is 12.3. The van der Waals surface area contributed by atoms with E-state index in [0.29, 0.717) is 11.6 Å². The SMILES string of the molecule is CN(CC(=O)NCCc1cccs1)S(=O)(=O)c1ccc(Cl)cc1. The third kappa shape index (κ3) is 5.04. The van der Waals surface area contributed by atoms with E-state index in [0.717, 1.165) is 10.7 Å². The maximum Gasteiger partial charge on any atom is 0.243 e. The standard InChI is InChI=1S/C15H17ClN2O3S2/c1-18(23(20,21)14-6-4-12(16)5-7-14)11-15(19)17-9-8-13-3-2-10-22-13/h2-7,10H,8-9,11H2,1H3,(H,17,19). The number of nitrogens with one attached hydrogen (secondary N) is 1. The molecule has 0 bridgehead atoms. The fourth-order valence-corrected chi connectivity index (χ4v) is 3.87. The van der Waals surface area contributed by atoms with Gasteiger partial charge in [-0.25, -0.2) is 8.42 Å². The maximum atomic E-state index is 12.3. The summed E-state index contributed by atoms with van der Waals surface area (Å²) in [6, 6.07) is 9.79. The summed E-state index contributed by atoms with van der Waals surface area (Å²) < 4.78 is 25.7. The van der Waals surface area contributed by atoms with Gasteiger partial charge in [-0.1, -0.05) is 17.7 Å². The van der Waals surface area contributed by atoms with Gasteiger partial charge in [-0.05, 0) is 42.1 Å². The van der Waals surface area contributed by atoms with Crippen molar-refractivity contribution in [3.05, 3.63) is 51.7 Å². The fraction of sp³-hybridized carbons (Fsp3) is 0.267. The average Bonchev–Trinajstić information content (AvgIpc) is 3.01. The highest BCUT2D eigenvalue weighted by atomic mass is 35.5. The molecule has 2 aromatic rings. The number of rotatable bonds is 7. The smallest absolute Gasteiger partial charge is 0.243 e. The minimum atomic E-state index is -3.70. The van der Waals surface area contributed by atoms with Crippen molar-refractivity contribution < 1.29 is 13.2 Å². The van der Waals surface area contributed by atoms with E-state index < -0.39 is 10.0 Å². The van der Waals surface area contributed by atoms with E-state index in [1.54, 1.807) is 11.3 Å². The average molecular weight is 373 g/mol. The highest BCUT2D eigenvalue weighted by molar-refractivity contribution is 7.89. The summed E-state index contributed by atoms with van der Waals surface area (Å²) in [4.78, 5) is 13.2. The lowest BCUT2D eigenvalue weighted by atomic mass is 10.3. The predicted octanol–water partition coefficient (Wildman–Crippen LogP) is 2.38. The first kappa shape index (κ1) is 17.9. The van der Waals surface area contributed by atoms with Gasteiger partial charge >= 0.3 is 0 Å². The van der Waals surface area contributed by atoms with Crippen LogP contribution in [-0.4, -0.2) is 38.8 Å². The second kappa shape index (κ2) is 7.92. The number of amides is 1. The molecule has 8 heteroatoms. The van der Waals surface area contributed by atoms with Crippen LogP contribution in [0.3, 0.4) is 0 Å². The molecule has 5 nitrogen and oxygen atoms in total. The van der Waals surface area contributed by atoms with Gasteiger partial charge in [-0.2, -0.15) is 4.31 Å². The van der Waals surface area contributed by atoms with Crippen molar-refractivity contribution in [2.45, 2.75) is 11.3 Å². The number of hydrogen-bond donors (Lipinski definition) is 1. The highest BCUT2D eigenvalue weighted by Gasteiger charge is 2.22. The van der Waals surface area contributed by atoms with Gasteiger partial charge in [0.2, 0.25) is 15.9 Å². The van der Waals surface area contributed by atoms with Crippen LogP contribution in [0.1, 0.15) is 4.88 Å². The minimum absolute atomic E-state index is 0.107. The first-order valence-corrected chi connectivity index (χ1v) is 9.60. The van der Waals surface area contributed by atoms with Crippen molar-refractivity contribution in [2.75, 3.05) is 20.1 Å². The van der Waals surface area contributed by atoms with Crippen molar-refractivity contribution >= 4 is 38.9 Å². The lowest BCUT2D eigenvalue weighted by Gasteiger charge is -2.16. The molecule has 1 aromatic heterocycles. The van der Waals surface area contributed by atoms with E-state index >= 15 is 0 Å². The molecule has 0 aliphatic rings. The lowest BCUT2D eigenvalue weighted by molar-refractivity contribution is -0.121. The normalized spacial score (nSPS) is 11.6. The fourth-order valence-electron chi connectivity index (χ4n) is 1.91. The molecule has 0 aliphatic heterocycles. The van der Waals surface area contributed by atoms with E-state index in [1.165, 1.54) is 36.2 Å². The van der Waals surface area contributed by atoms with Gasteiger partial charge in [0.1, 0.15) is 0 Å². The van der Waals surface area contributed by atoms with E-state index in [-0.39, 0.29) is 17.3 Å². The predicted molar refractivity (Wildman–Crippen MR) is 92.3 cm³/mol. The first-order valence-electron chi connectivity index (χ1n) is 6.90. The minimum Gasteiger partial charge on any atom is -0.355 e. The third-order valence-electron chi connectivity index (χ3n) is 3.16. The Hall–Kier alpha value is -1.41. The van der Waals surface area contributed by atoms with Gasteiger partial charge in [-0.15, -0.1) is 11.3 Å². The van der Waals surface area contributed by atoms with Crippen LogP contribution in [-0.2, 0) is 21.2 Å². The number of carbonyl (C=O) groups is 1. The van der Waals surface area contributed by atoms with E-state index in [9.17, 15) is 13.2 Å². The highest BCUT2D eigenvalue weighted by Crippen LogP contribution is 2.17. The van der Waals surface area contributed by atoms with Crippen molar-refractivity contribution in [1.29, 1.82) is 0 Å². The summed E-state index contributed by atoms with van der Waals surface area (Å²) in [5.41, 5.74) is 0. The second-order valence-corrected chi connectivity index (χ2v) is 8.41. The van der Waals surface area contributed by atoms with Crippen molar-refractivity contribution in [3.8, 4) is 0 Å². The Kier molecular flexibility index (Phi) is 6.17. The molecule has 0 saturated heterocycles. The van der Waals surface area contributed by atoms with E-state index in [4.69, 9.17) is 11.6 Å². The summed E-state index contributed by atoms with van der Waals surface area (Å²) in [5, 5.41) is 5.16. The Labute approximate surface area is 144 Å². The number of sulfonamides is 1. The van der Waals surface area contributed by atoms with Gasteiger partial charge < -0.3 is 5.32 Å². The molecule has 1 heterocycles. The van der Waals surface area contributed by atoms with Gasteiger partial charge in [0.05, 0.1) is 11.4 Å². The molecular weight excluding hydrogens is 356 g/mol. The van der Waals surface area contributed by atoms with Crippen LogP contribution in [0, 0.1) is 0 Å². The van der Waals surface area contributed by atoms with Crippen molar-refractivity contribution in [1.82, 2.24) is 9.62 Å². The summed E-state index contributed by atoms with van der Waals surface area (Å²) in [7, 11) is -2.33. The Bertz CT molecular complexity index is 744. The number of halogens is 1. The van der Waals surface area contributed by atoms with Crippen LogP contribution in [0.15, 0.2) is 46.7 Å². The quantitative estimate of drug-likeness (QED) is 0.811. The monoisotopic (exact) mass is 372 g/mol. The molecule has 124 valence electrons. The molecule has 0 unspecified atom stereocenters. The zero-order chi connectivity index (χ0) is 16.9. The van der Waals surface area contributed by atoms with Crippen LogP contribution in [0.4, 0.5) is 0 Å². The van der Waals surface area contributed by atoms with Crippen LogP contribution in [0.25, 0.3) is 0 Å². The Morgan fingerprint density at radius 3 is 2.57 bits per heavy atom. The van der Waals surface area contributed by atoms with Crippen LogP contribution in [0.5, 0.6) is 0 Å². The Morgan fingerprint density at radius 2 is 1.96 bits per heavy atom. The summed E-state index contributed by atoms with van der Waals surface area (Å²) in [5.74, 6) is -0.332. The summed E-state index contributed by atoms with van der Waals surface area (Å²) >= 11 is 7.38. The molecular formula is C15H17ClN2O3S2. The molecule has 0 fully saturated rings. The molecule has 0 atom stereocenters. The van der Waals surface area contributed by atoms with Gasteiger partial charge in [0, 0.05) is 23.5 Å². The van der Waals surface area contributed by atoms with Gasteiger partial charge in [0.15, 0.2) is 0 Å². The lowest BCUT2D eigenvalue weighted by Crippen LogP contribution is -2.38. The van der Waals surface area contributed by atoms with Crippen molar-refractivity contribution in [3.63, 3.8) is 0 Å². The second-order valence-electron chi connectivity index (χ2n) is 4.89. The number of thiophene rings is 1. The summed E-state index contributed by atoms with van der Waals surface area (Å²) in [6.45, 7) is 0.254. The van der Waals surface area contributed by atoms with Crippen LogP contribution < -0.4 is 5.32 Å². The molecule has 23 heavy (non-hydrogen) atoms. The van der Waals surface area contributed by atoms with Crippen molar-refractivity contribution in [2.24, 2.45) is 0 Å². The zero-order valence-electron chi connectivity index (χ0n) is 12.5. The van der Waals surface area contributed by atoms with Crippen LogP contribution >= 0.6 is 22.9 Å². The molecule has 1 amide bonds. The molecule has 2 rings (SSSR count).